The van der Waals surface area contributed by atoms with E-state index in [4.69, 9.17) is 22.7 Å². The highest BCUT2D eigenvalue weighted by Crippen LogP contribution is 2.33. The van der Waals surface area contributed by atoms with Gasteiger partial charge in [-0.25, -0.2) is 0 Å². The Morgan fingerprint density at radius 3 is 3.00 bits per heavy atom. The second-order valence-corrected chi connectivity index (χ2v) is 5.13. The van der Waals surface area contributed by atoms with E-state index in [1.165, 1.54) is 0 Å². The summed E-state index contributed by atoms with van der Waals surface area (Å²) in [7, 11) is 0. The Labute approximate surface area is 118 Å². The largest absolute Gasteiger partial charge is 0.492 e. The van der Waals surface area contributed by atoms with Crippen molar-refractivity contribution in [1.29, 1.82) is 0 Å². The summed E-state index contributed by atoms with van der Waals surface area (Å²) >= 11 is 4.99. The predicted octanol–water partition coefficient (Wildman–Crippen LogP) is 1.73. The van der Waals surface area contributed by atoms with Crippen LogP contribution in [0.15, 0.2) is 24.3 Å². The van der Waals surface area contributed by atoms with Crippen LogP contribution in [0.2, 0.25) is 0 Å². The fourth-order valence-electron chi connectivity index (χ4n) is 2.23. The normalized spacial score (nSPS) is 18.3. The Kier molecular flexibility index (Phi) is 4.37. The van der Waals surface area contributed by atoms with Crippen molar-refractivity contribution in [1.82, 2.24) is 5.32 Å². The first-order chi connectivity index (χ1) is 9.13. The molecule has 2 atom stereocenters. The van der Waals surface area contributed by atoms with Gasteiger partial charge in [0, 0.05) is 5.56 Å². The minimum Gasteiger partial charge on any atom is -0.492 e. The molecule has 0 saturated carbocycles. The van der Waals surface area contributed by atoms with Gasteiger partial charge in [-0.1, -0.05) is 43.8 Å². The van der Waals surface area contributed by atoms with E-state index in [1.54, 1.807) is 0 Å². The van der Waals surface area contributed by atoms with Crippen LogP contribution in [0.5, 0.6) is 5.75 Å². The summed E-state index contributed by atoms with van der Waals surface area (Å²) in [5, 5.41) is 2.92. The molecule has 1 amide bonds. The minimum absolute atomic E-state index is 0.0730. The van der Waals surface area contributed by atoms with Gasteiger partial charge in [0.2, 0.25) is 5.91 Å². The summed E-state index contributed by atoms with van der Waals surface area (Å²) in [6.07, 6.45) is 1.68. The first-order valence-corrected chi connectivity index (χ1v) is 6.85. The zero-order valence-corrected chi connectivity index (χ0v) is 11.7. The number of nitrogens with one attached hydrogen (secondary N) is 1. The lowest BCUT2D eigenvalue weighted by atomic mass is 10.00. The smallest absolute Gasteiger partial charge is 0.231 e. The number of para-hydroxylation sites is 1. The molecule has 1 aliphatic heterocycles. The van der Waals surface area contributed by atoms with Gasteiger partial charge in [-0.3, -0.25) is 4.79 Å². The topological polar surface area (TPSA) is 64.3 Å². The number of amides is 1. The first kappa shape index (κ1) is 13.8. The van der Waals surface area contributed by atoms with Crippen molar-refractivity contribution in [2.24, 2.45) is 5.73 Å². The third-order valence-electron chi connectivity index (χ3n) is 3.25. The number of hydrogen-bond acceptors (Lipinski definition) is 3. The molecule has 0 bridgehead atoms. The van der Waals surface area contributed by atoms with E-state index in [-0.39, 0.29) is 17.9 Å². The summed E-state index contributed by atoms with van der Waals surface area (Å²) < 4.78 is 5.51. The molecule has 1 aliphatic rings. The first-order valence-electron chi connectivity index (χ1n) is 6.45. The fourth-order valence-corrected chi connectivity index (χ4v) is 2.40. The van der Waals surface area contributed by atoms with Crippen molar-refractivity contribution in [2.45, 2.75) is 31.7 Å². The van der Waals surface area contributed by atoms with Crippen LogP contribution in [-0.2, 0) is 4.79 Å². The molecule has 1 aromatic carbocycles. The quantitative estimate of drug-likeness (QED) is 0.805. The van der Waals surface area contributed by atoms with Crippen LogP contribution in [-0.4, -0.2) is 23.5 Å². The van der Waals surface area contributed by atoms with E-state index in [1.807, 2.05) is 31.2 Å². The molecular formula is C14H18N2O2S. The van der Waals surface area contributed by atoms with Crippen molar-refractivity contribution in [3.8, 4) is 5.75 Å². The Bertz CT molecular complexity index is 490. The fraction of sp³-hybridized carbons (Fsp3) is 0.429. The molecule has 0 radical (unpaired) electrons. The number of hydrogen-bond donors (Lipinski definition) is 2. The van der Waals surface area contributed by atoms with E-state index >= 15 is 0 Å². The molecule has 0 spiro atoms. The van der Waals surface area contributed by atoms with Crippen molar-refractivity contribution < 1.29 is 9.53 Å². The minimum atomic E-state index is -0.273. The molecule has 3 N–H and O–H groups in total. The molecule has 0 saturated heterocycles. The molecule has 0 aromatic heterocycles. The van der Waals surface area contributed by atoms with Gasteiger partial charge in [-0.2, -0.15) is 0 Å². The molecule has 102 valence electrons. The second kappa shape index (κ2) is 6.02. The molecule has 1 aromatic rings. The SMILES string of the molecule is CCCC(NC(=O)C1COc2ccccc21)C(N)=S. The Hall–Kier alpha value is -1.62. The van der Waals surface area contributed by atoms with Gasteiger partial charge in [-0.05, 0) is 12.5 Å². The van der Waals surface area contributed by atoms with E-state index in [0.29, 0.717) is 11.6 Å². The van der Waals surface area contributed by atoms with Gasteiger partial charge >= 0.3 is 0 Å². The Morgan fingerprint density at radius 2 is 2.32 bits per heavy atom. The van der Waals surface area contributed by atoms with Crippen LogP contribution in [0, 0.1) is 0 Å². The van der Waals surface area contributed by atoms with Crippen molar-refractivity contribution in [3.63, 3.8) is 0 Å². The number of carbonyl (C=O) groups is 1. The van der Waals surface area contributed by atoms with Gasteiger partial charge in [0.25, 0.3) is 0 Å². The third kappa shape index (κ3) is 3.04. The number of ether oxygens (including phenoxy) is 1. The van der Waals surface area contributed by atoms with E-state index < -0.39 is 0 Å². The van der Waals surface area contributed by atoms with E-state index in [9.17, 15) is 4.79 Å². The summed E-state index contributed by atoms with van der Waals surface area (Å²) in [5.41, 5.74) is 6.58. The number of thiocarbonyl (C=S) groups is 1. The molecule has 0 aliphatic carbocycles. The summed E-state index contributed by atoms with van der Waals surface area (Å²) in [6.45, 7) is 2.41. The van der Waals surface area contributed by atoms with Crippen LogP contribution in [0.3, 0.4) is 0 Å². The van der Waals surface area contributed by atoms with Gasteiger partial charge < -0.3 is 15.8 Å². The van der Waals surface area contributed by atoms with Crippen LogP contribution in [0.4, 0.5) is 0 Å². The van der Waals surface area contributed by atoms with Gasteiger partial charge in [0.05, 0.1) is 11.0 Å². The molecular weight excluding hydrogens is 260 g/mol. The highest BCUT2D eigenvalue weighted by Gasteiger charge is 2.31. The summed E-state index contributed by atoms with van der Waals surface area (Å²) in [5.74, 6) is 0.436. The Balaban J connectivity index is 2.07. The maximum atomic E-state index is 12.3. The number of rotatable bonds is 5. The van der Waals surface area contributed by atoms with Crippen molar-refractivity contribution in [2.75, 3.05) is 6.61 Å². The van der Waals surface area contributed by atoms with Gasteiger partial charge in [-0.15, -0.1) is 0 Å². The zero-order chi connectivity index (χ0) is 13.8. The maximum Gasteiger partial charge on any atom is 0.231 e. The standard InChI is InChI=1S/C14H18N2O2S/c1-2-5-11(13(15)19)16-14(17)10-8-18-12-7-4-3-6-9(10)12/h3-4,6-7,10-11H,2,5,8H2,1H3,(H2,15,19)(H,16,17). The summed E-state index contributed by atoms with van der Waals surface area (Å²) in [6, 6.07) is 7.36. The van der Waals surface area contributed by atoms with Crippen LogP contribution in [0.1, 0.15) is 31.2 Å². The van der Waals surface area contributed by atoms with Crippen LogP contribution in [0.25, 0.3) is 0 Å². The van der Waals surface area contributed by atoms with Crippen LogP contribution < -0.4 is 15.8 Å². The maximum absolute atomic E-state index is 12.3. The molecule has 4 nitrogen and oxygen atoms in total. The Morgan fingerprint density at radius 1 is 1.58 bits per heavy atom. The number of nitrogens with two attached hydrogens (primary N) is 1. The van der Waals surface area contributed by atoms with E-state index in [2.05, 4.69) is 5.32 Å². The highest BCUT2D eigenvalue weighted by molar-refractivity contribution is 7.80. The highest BCUT2D eigenvalue weighted by atomic mass is 32.1. The van der Waals surface area contributed by atoms with Crippen molar-refractivity contribution >= 4 is 23.1 Å². The lowest BCUT2D eigenvalue weighted by Gasteiger charge is -2.18. The number of carbonyl (C=O) groups excluding carboxylic acids is 1. The molecule has 2 unspecified atom stereocenters. The molecule has 19 heavy (non-hydrogen) atoms. The second-order valence-electron chi connectivity index (χ2n) is 4.65. The molecule has 2 rings (SSSR count). The monoisotopic (exact) mass is 278 g/mol. The lowest BCUT2D eigenvalue weighted by molar-refractivity contribution is -0.123. The number of benzene rings is 1. The number of fused-ring (bicyclic) bond motifs is 1. The molecule has 5 heteroatoms. The molecule has 0 fully saturated rings. The third-order valence-corrected chi connectivity index (χ3v) is 3.54. The zero-order valence-electron chi connectivity index (χ0n) is 10.9. The average Bonchev–Trinajstić information content (AvgIpc) is 2.81. The van der Waals surface area contributed by atoms with Crippen LogP contribution >= 0.6 is 12.2 Å². The molecule has 1 heterocycles. The predicted molar refractivity (Wildman–Crippen MR) is 78.3 cm³/mol. The van der Waals surface area contributed by atoms with Crippen molar-refractivity contribution in [3.05, 3.63) is 29.8 Å². The lowest BCUT2D eigenvalue weighted by Crippen LogP contribution is -2.45. The van der Waals surface area contributed by atoms with E-state index in [0.717, 1.165) is 24.2 Å². The van der Waals surface area contributed by atoms with Gasteiger partial charge in [0.1, 0.15) is 18.3 Å². The summed E-state index contributed by atoms with van der Waals surface area (Å²) in [4.78, 5) is 12.6. The van der Waals surface area contributed by atoms with Gasteiger partial charge in [0.15, 0.2) is 0 Å². The average molecular weight is 278 g/mol.